The van der Waals surface area contributed by atoms with Crippen molar-refractivity contribution in [2.75, 3.05) is 0 Å². The summed E-state index contributed by atoms with van der Waals surface area (Å²) < 4.78 is 1.85. The minimum absolute atomic E-state index is 0.110. The van der Waals surface area contributed by atoms with E-state index in [9.17, 15) is 4.79 Å². The highest BCUT2D eigenvalue weighted by atomic mass is 16.6. The molecule has 0 saturated carbocycles. The number of aromatic nitrogens is 2. The zero-order chi connectivity index (χ0) is 19.6. The van der Waals surface area contributed by atoms with E-state index in [1.165, 1.54) is 0 Å². The lowest BCUT2D eigenvalue weighted by Gasteiger charge is -2.39. The van der Waals surface area contributed by atoms with Gasteiger partial charge >= 0.3 is 0 Å². The van der Waals surface area contributed by atoms with Crippen LogP contribution in [0, 0.1) is 5.41 Å². The van der Waals surface area contributed by atoms with E-state index in [1.807, 2.05) is 16.8 Å². The number of hydrogen-bond donors (Lipinski definition) is 2. The lowest BCUT2D eigenvalue weighted by molar-refractivity contribution is 0.0185. The van der Waals surface area contributed by atoms with Crippen LogP contribution in [0.2, 0.25) is 0 Å². The van der Waals surface area contributed by atoms with Gasteiger partial charge in [0.1, 0.15) is 12.0 Å². The van der Waals surface area contributed by atoms with E-state index < -0.39 is 5.66 Å². The molecular formula is C20H34N4O2. The van der Waals surface area contributed by atoms with E-state index in [0.717, 1.165) is 31.5 Å². The minimum Gasteiger partial charge on any atom is -0.414 e. The van der Waals surface area contributed by atoms with E-state index in [0.29, 0.717) is 5.69 Å². The molecule has 1 amide bonds. The first-order chi connectivity index (χ1) is 12.0. The van der Waals surface area contributed by atoms with Crippen molar-refractivity contribution >= 4 is 5.91 Å². The summed E-state index contributed by atoms with van der Waals surface area (Å²) in [4.78, 5) is 18.4. The molecule has 6 heteroatoms. The van der Waals surface area contributed by atoms with Crippen molar-refractivity contribution in [3.8, 4) is 0 Å². The number of hydroxylamine groups is 1. The molecule has 0 aromatic carbocycles. The highest BCUT2D eigenvalue weighted by Gasteiger charge is 2.45. The summed E-state index contributed by atoms with van der Waals surface area (Å²) in [5.74, 6) is -0.151. The highest BCUT2D eigenvalue weighted by molar-refractivity contribution is 5.93. The van der Waals surface area contributed by atoms with E-state index in [1.54, 1.807) is 6.26 Å². The molecule has 0 fully saturated rings. The lowest BCUT2D eigenvalue weighted by Crippen LogP contribution is -2.62. The Balaban J connectivity index is 2.31. The van der Waals surface area contributed by atoms with Crippen LogP contribution in [0.1, 0.15) is 83.9 Å². The van der Waals surface area contributed by atoms with Gasteiger partial charge in [-0.25, -0.2) is 0 Å². The Morgan fingerprint density at radius 3 is 2.46 bits per heavy atom. The van der Waals surface area contributed by atoms with Gasteiger partial charge in [-0.3, -0.25) is 9.48 Å². The third kappa shape index (κ3) is 4.29. The predicted molar refractivity (Wildman–Crippen MR) is 103 cm³/mol. The Kier molecular flexibility index (Phi) is 5.85. The minimum atomic E-state index is -0.759. The number of rotatable bonds is 6. The number of carbonyl (C=O) groups is 1. The molecule has 6 nitrogen and oxygen atoms in total. The zero-order valence-electron chi connectivity index (χ0n) is 17.3. The molecule has 2 rings (SSSR count). The van der Waals surface area contributed by atoms with Gasteiger partial charge in [-0.15, -0.1) is 5.48 Å². The smallest absolute Gasteiger partial charge is 0.271 e. The number of nitrogens with zero attached hydrogens (tertiary/aromatic N) is 2. The number of aryl methyl sites for hydroxylation is 1. The number of amides is 1. The second-order valence-electron chi connectivity index (χ2n) is 9.13. The molecule has 2 heterocycles. The Labute approximate surface area is 157 Å². The summed E-state index contributed by atoms with van der Waals surface area (Å²) in [5, 5.41) is 7.84. The lowest BCUT2D eigenvalue weighted by atomic mass is 9.81. The van der Waals surface area contributed by atoms with Gasteiger partial charge < -0.3 is 10.2 Å². The highest BCUT2D eigenvalue weighted by Crippen LogP contribution is 2.32. The van der Waals surface area contributed by atoms with Crippen LogP contribution in [0.15, 0.2) is 18.4 Å². The third-order valence-corrected chi connectivity index (χ3v) is 4.85. The first-order valence-electron chi connectivity index (χ1n) is 9.51. The van der Waals surface area contributed by atoms with Crippen LogP contribution in [-0.4, -0.2) is 21.4 Å². The van der Waals surface area contributed by atoms with E-state index in [4.69, 9.17) is 9.94 Å². The SMILES string of the molecule is CCCCCn1nc(C(C)(C)C)cc1C(=O)NC1(C(C)(C)C)C=CON1. The van der Waals surface area contributed by atoms with Gasteiger partial charge in [0, 0.05) is 17.4 Å². The molecule has 2 N–H and O–H groups in total. The second kappa shape index (κ2) is 7.43. The monoisotopic (exact) mass is 362 g/mol. The van der Waals surface area contributed by atoms with Crippen molar-refractivity contribution < 1.29 is 9.63 Å². The standard InChI is InChI=1S/C20H34N4O2/c1-8-9-10-12-24-15(14-16(22-24)18(2,3)4)17(25)21-20(19(5,6)7)11-13-26-23-20/h11,13-14,23H,8-10,12H2,1-7H3,(H,21,25). The first-order valence-corrected chi connectivity index (χ1v) is 9.51. The van der Waals surface area contributed by atoms with Crippen molar-refractivity contribution in [1.29, 1.82) is 0 Å². The van der Waals surface area contributed by atoms with Crippen LogP contribution in [-0.2, 0) is 16.8 Å². The molecule has 0 spiro atoms. The molecule has 0 saturated heterocycles. The fraction of sp³-hybridized carbons (Fsp3) is 0.700. The average molecular weight is 363 g/mol. The molecule has 0 bridgehead atoms. The van der Waals surface area contributed by atoms with Crippen LogP contribution in [0.25, 0.3) is 0 Å². The van der Waals surface area contributed by atoms with Crippen LogP contribution < -0.4 is 10.8 Å². The van der Waals surface area contributed by atoms with Crippen molar-refractivity contribution in [3.63, 3.8) is 0 Å². The number of hydrogen-bond acceptors (Lipinski definition) is 4. The molecule has 0 aliphatic carbocycles. The molecule has 0 radical (unpaired) electrons. The maximum absolute atomic E-state index is 13.1. The first kappa shape index (κ1) is 20.5. The molecule has 1 aromatic heterocycles. The van der Waals surface area contributed by atoms with Gasteiger partial charge in [0.2, 0.25) is 0 Å². The van der Waals surface area contributed by atoms with Crippen molar-refractivity contribution in [3.05, 3.63) is 29.8 Å². The Morgan fingerprint density at radius 1 is 1.27 bits per heavy atom. The van der Waals surface area contributed by atoms with Gasteiger partial charge in [-0.2, -0.15) is 5.10 Å². The second-order valence-corrected chi connectivity index (χ2v) is 9.13. The van der Waals surface area contributed by atoms with Crippen LogP contribution >= 0.6 is 0 Å². The molecular weight excluding hydrogens is 328 g/mol. The van der Waals surface area contributed by atoms with Crippen molar-refractivity contribution in [1.82, 2.24) is 20.6 Å². The summed E-state index contributed by atoms with van der Waals surface area (Å²) in [7, 11) is 0. The van der Waals surface area contributed by atoms with Gasteiger partial charge in [0.25, 0.3) is 5.91 Å². The molecule has 26 heavy (non-hydrogen) atoms. The van der Waals surface area contributed by atoms with E-state index >= 15 is 0 Å². The van der Waals surface area contributed by atoms with E-state index in [-0.39, 0.29) is 16.7 Å². The molecule has 1 unspecified atom stereocenters. The number of nitrogens with one attached hydrogen (secondary N) is 2. The average Bonchev–Trinajstić information content (AvgIpc) is 3.14. The summed E-state index contributed by atoms with van der Waals surface area (Å²) in [5.41, 5.74) is 3.33. The third-order valence-electron chi connectivity index (χ3n) is 4.85. The Morgan fingerprint density at radius 2 is 1.96 bits per heavy atom. The predicted octanol–water partition coefficient (Wildman–Crippen LogP) is 3.89. The fourth-order valence-corrected chi connectivity index (χ4v) is 2.85. The quantitative estimate of drug-likeness (QED) is 0.753. The van der Waals surface area contributed by atoms with Gasteiger partial charge in [-0.1, -0.05) is 61.3 Å². The van der Waals surface area contributed by atoms with Crippen LogP contribution in [0.3, 0.4) is 0 Å². The summed E-state index contributed by atoms with van der Waals surface area (Å²) in [6.45, 7) is 15.4. The maximum atomic E-state index is 13.1. The molecule has 146 valence electrons. The van der Waals surface area contributed by atoms with Crippen LogP contribution in [0.4, 0.5) is 0 Å². The van der Waals surface area contributed by atoms with Crippen molar-refractivity contribution in [2.24, 2.45) is 5.41 Å². The fourth-order valence-electron chi connectivity index (χ4n) is 2.85. The van der Waals surface area contributed by atoms with Gasteiger partial charge in [0.05, 0.1) is 5.69 Å². The van der Waals surface area contributed by atoms with Crippen molar-refractivity contribution in [2.45, 2.75) is 85.4 Å². The summed E-state index contributed by atoms with van der Waals surface area (Å²) >= 11 is 0. The largest absolute Gasteiger partial charge is 0.414 e. The molecule has 1 atom stereocenters. The molecule has 1 aromatic rings. The van der Waals surface area contributed by atoms with Gasteiger partial charge in [0.15, 0.2) is 5.66 Å². The summed E-state index contributed by atoms with van der Waals surface area (Å²) in [6, 6.07) is 1.91. The summed E-state index contributed by atoms with van der Waals surface area (Å²) in [6.07, 6.45) is 6.69. The normalized spacial score (nSPS) is 20.3. The number of unbranched alkanes of at least 4 members (excludes halogenated alkanes) is 2. The number of carbonyl (C=O) groups excluding carboxylic acids is 1. The topological polar surface area (TPSA) is 68.2 Å². The molecule has 1 aliphatic heterocycles. The van der Waals surface area contributed by atoms with E-state index in [2.05, 4.69) is 59.3 Å². The van der Waals surface area contributed by atoms with Crippen LogP contribution in [0.5, 0.6) is 0 Å². The Bertz CT molecular complexity index is 664. The molecule has 1 aliphatic rings. The maximum Gasteiger partial charge on any atom is 0.271 e. The van der Waals surface area contributed by atoms with Gasteiger partial charge in [-0.05, 0) is 18.6 Å². The zero-order valence-corrected chi connectivity index (χ0v) is 17.3. The Hall–Kier alpha value is -1.82.